The van der Waals surface area contributed by atoms with Gasteiger partial charge in [0.15, 0.2) is 0 Å². The van der Waals surface area contributed by atoms with Crippen molar-refractivity contribution in [2.45, 2.75) is 26.2 Å². The second kappa shape index (κ2) is 6.87. The van der Waals surface area contributed by atoms with E-state index in [0.717, 1.165) is 28.1 Å². The van der Waals surface area contributed by atoms with Crippen LogP contribution in [-0.4, -0.2) is 29.7 Å². The maximum atomic E-state index is 12.6. The molecule has 4 rings (SSSR count). The molecule has 6 heteroatoms. The monoisotopic (exact) mass is 363 g/mol. The lowest BCUT2D eigenvalue weighted by Crippen LogP contribution is -2.26. The Hall–Kier alpha value is -3.15. The highest BCUT2D eigenvalue weighted by atomic mass is 16.5. The number of benzene rings is 2. The van der Waals surface area contributed by atoms with Crippen LogP contribution in [0, 0.1) is 13.8 Å². The number of hydrogen-bond acceptors (Lipinski definition) is 5. The van der Waals surface area contributed by atoms with Crippen LogP contribution >= 0.6 is 0 Å². The van der Waals surface area contributed by atoms with E-state index in [9.17, 15) is 4.79 Å². The van der Waals surface area contributed by atoms with E-state index in [0.29, 0.717) is 24.7 Å². The number of ether oxygens (including phenoxy) is 1. The van der Waals surface area contributed by atoms with Gasteiger partial charge in [0.1, 0.15) is 5.75 Å². The highest BCUT2D eigenvalue weighted by Gasteiger charge is 2.36. The number of carbonyl (C=O) groups excluding carboxylic acids is 1. The number of aryl methyl sites for hydroxylation is 2. The summed E-state index contributed by atoms with van der Waals surface area (Å²) in [4.78, 5) is 19.0. The third-order valence-corrected chi connectivity index (χ3v) is 4.95. The van der Waals surface area contributed by atoms with Gasteiger partial charge in [0.05, 0.1) is 13.0 Å². The zero-order valence-electron chi connectivity index (χ0n) is 15.6. The van der Waals surface area contributed by atoms with E-state index >= 15 is 0 Å². The van der Waals surface area contributed by atoms with Crippen molar-refractivity contribution in [2.24, 2.45) is 0 Å². The van der Waals surface area contributed by atoms with Crippen LogP contribution < -0.4 is 9.64 Å². The average Bonchev–Trinajstić information content (AvgIpc) is 3.29. The molecule has 0 spiro atoms. The Kier molecular flexibility index (Phi) is 4.39. The van der Waals surface area contributed by atoms with Crippen molar-refractivity contribution in [2.75, 3.05) is 18.6 Å². The van der Waals surface area contributed by atoms with Gasteiger partial charge in [-0.1, -0.05) is 35.5 Å². The molecule has 3 aromatic rings. The fourth-order valence-corrected chi connectivity index (χ4v) is 3.60. The molecule has 1 fully saturated rings. The van der Waals surface area contributed by atoms with Crippen molar-refractivity contribution in [3.05, 3.63) is 59.5 Å². The van der Waals surface area contributed by atoms with Crippen LogP contribution in [0.4, 0.5) is 5.69 Å². The van der Waals surface area contributed by atoms with Crippen LogP contribution in [0.5, 0.6) is 5.75 Å². The molecule has 6 nitrogen and oxygen atoms in total. The van der Waals surface area contributed by atoms with Gasteiger partial charge in [-0.3, -0.25) is 4.79 Å². The SMILES string of the molecule is COc1cccc(-c2noc(C3CC(=O)N(c4c(C)cccc4C)C3)n2)c1. The van der Waals surface area contributed by atoms with E-state index in [1.807, 2.05) is 61.2 Å². The molecule has 0 saturated carbocycles. The van der Waals surface area contributed by atoms with Crippen molar-refractivity contribution in [1.82, 2.24) is 10.1 Å². The second-order valence-electron chi connectivity index (χ2n) is 6.83. The van der Waals surface area contributed by atoms with Gasteiger partial charge in [0.2, 0.25) is 17.6 Å². The number of aromatic nitrogens is 2. The van der Waals surface area contributed by atoms with Crippen molar-refractivity contribution in [1.29, 1.82) is 0 Å². The zero-order valence-corrected chi connectivity index (χ0v) is 15.6. The van der Waals surface area contributed by atoms with Crippen LogP contribution in [0.3, 0.4) is 0 Å². The Balaban J connectivity index is 1.59. The quantitative estimate of drug-likeness (QED) is 0.703. The third kappa shape index (κ3) is 3.18. The standard InChI is InChI=1S/C21H21N3O3/c1-13-6-4-7-14(2)19(13)24-12-16(11-18(24)25)21-22-20(23-27-21)15-8-5-9-17(10-15)26-3/h4-10,16H,11-12H2,1-3H3. The zero-order chi connectivity index (χ0) is 19.0. The molecule has 1 atom stereocenters. The minimum absolute atomic E-state index is 0.0820. The molecule has 1 aliphatic heterocycles. The fourth-order valence-electron chi connectivity index (χ4n) is 3.60. The first kappa shape index (κ1) is 17.3. The van der Waals surface area contributed by atoms with Gasteiger partial charge >= 0.3 is 0 Å². The van der Waals surface area contributed by atoms with Crippen molar-refractivity contribution < 1.29 is 14.1 Å². The molecule has 2 aromatic carbocycles. The molecule has 138 valence electrons. The third-order valence-electron chi connectivity index (χ3n) is 4.95. The molecule has 0 bridgehead atoms. The average molecular weight is 363 g/mol. The highest BCUT2D eigenvalue weighted by molar-refractivity contribution is 5.97. The highest BCUT2D eigenvalue weighted by Crippen LogP contribution is 2.35. The molecular weight excluding hydrogens is 342 g/mol. The van der Waals surface area contributed by atoms with E-state index in [1.54, 1.807) is 7.11 Å². The second-order valence-corrected chi connectivity index (χ2v) is 6.83. The molecule has 27 heavy (non-hydrogen) atoms. The van der Waals surface area contributed by atoms with Gasteiger partial charge in [0.25, 0.3) is 0 Å². The number of para-hydroxylation sites is 1. The van der Waals surface area contributed by atoms with Gasteiger partial charge < -0.3 is 14.2 Å². The van der Waals surface area contributed by atoms with Gasteiger partial charge in [-0.15, -0.1) is 0 Å². The topological polar surface area (TPSA) is 68.5 Å². The first-order valence-electron chi connectivity index (χ1n) is 8.91. The van der Waals surface area contributed by atoms with E-state index in [-0.39, 0.29) is 11.8 Å². The minimum atomic E-state index is -0.108. The molecule has 1 unspecified atom stereocenters. The summed E-state index contributed by atoms with van der Waals surface area (Å²) in [6.07, 6.45) is 0.369. The lowest BCUT2D eigenvalue weighted by atomic mass is 10.1. The van der Waals surface area contributed by atoms with Crippen LogP contribution in [0.15, 0.2) is 47.0 Å². The summed E-state index contributed by atoms with van der Waals surface area (Å²) in [5.41, 5.74) is 3.98. The Morgan fingerprint density at radius 1 is 1.15 bits per heavy atom. The smallest absolute Gasteiger partial charge is 0.232 e. The summed E-state index contributed by atoms with van der Waals surface area (Å²) in [6, 6.07) is 13.6. The van der Waals surface area contributed by atoms with Crippen LogP contribution in [-0.2, 0) is 4.79 Å². The van der Waals surface area contributed by atoms with Gasteiger partial charge in [-0.2, -0.15) is 4.98 Å². The number of amides is 1. The lowest BCUT2D eigenvalue weighted by Gasteiger charge is -2.21. The predicted octanol–water partition coefficient (Wildman–Crippen LogP) is 3.88. The Labute approximate surface area is 157 Å². The number of methoxy groups -OCH3 is 1. The molecule has 1 amide bonds. The normalized spacial score (nSPS) is 16.8. The maximum absolute atomic E-state index is 12.6. The number of anilines is 1. The summed E-state index contributed by atoms with van der Waals surface area (Å²) in [5, 5.41) is 4.09. The van der Waals surface area contributed by atoms with Crippen molar-refractivity contribution in [3.63, 3.8) is 0 Å². The molecule has 0 N–H and O–H groups in total. The van der Waals surface area contributed by atoms with E-state index in [1.165, 1.54) is 0 Å². The largest absolute Gasteiger partial charge is 0.497 e. The van der Waals surface area contributed by atoms with Gasteiger partial charge in [-0.25, -0.2) is 0 Å². The molecule has 0 aliphatic carbocycles. The minimum Gasteiger partial charge on any atom is -0.497 e. The van der Waals surface area contributed by atoms with Gasteiger partial charge in [-0.05, 0) is 37.1 Å². The van der Waals surface area contributed by atoms with Crippen molar-refractivity contribution in [3.8, 4) is 17.1 Å². The number of carbonyl (C=O) groups is 1. The Morgan fingerprint density at radius 2 is 1.89 bits per heavy atom. The summed E-state index contributed by atoms with van der Waals surface area (Å²) in [7, 11) is 1.62. The number of nitrogens with zero attached hydrogens (tertiary/aromatic N) is 3. The van der Waals surface area contributed by atoms with Gasteiger partial charge in [0, 0.05) is 24.2 Å². The predicted molar refractivity (Wildman–Crippen MR) is 102 cm³/mol. The molecule has 0 radical (unpaired) electrons. The van der Waals surface area contributed by atoms with Crippen molar-refractivity contribution >= 4 is 11.6 Å². The summed E-state index contributed by atoms with van der Waals surface area (Å²) >= 11 is 0. The maximum Gasteiger partial charge on any atom is 0.232 e. The molecule has 2 heterocycles. The van der Waals surface area contributed by atoms with E-state index in [2.05, 4.69) is 10.1 Å². The molecule has 1 saturated heterocycles. The van der Waals surface area contributed by atoms with E-state index in [4.69, 9.17) is 9.26 Å². The molecule has 1 aliphatic rings. The first-order chi connectivity index (χ1) is 13.1. The van der Waals surface area contributed by atoms with Crippen LogP contribution in [0.2, 0.25) is 0 Å². The van der Waals surface area contributed by atoms with Crippen LogP contribution in [0.25, 0.3) is 11.4 Å². The lowest BCUT2D eigenvalue weighted by molar-refractivity contribution is -0.117. The summed E-state index contributed by atoms with van der Waals surface area (Å²) < 4.78 is 10.7. The fraction of sp³-hybridized carbons (Fsp3) is 0.286. The molecular formula is C21H21N3O3. The summed E-state index contributed by atoms with van der Waals surface area (Å²) in [6.45, 7) is 4.59. The molecule has 1 aromatic heterocycles. The summed E-state index contributed by atoms with van der Waals surface area (Å²) in [5.74, 6) is 1.70. The van der Waals surface area contributed by atoms with Crippen LogP contribution in [0.1, 0.15) is 29.4 Å². The Bertz CT molecular complexity index is 976. The number of rotatable bonds is 4. The first-order valence-corrected chi connectivity index (χ1v) is 8.91. The number of hydrogen-bond donors (Lipinski definition) is 0. The Morgan fingerprint density at radius 3 is 2.63 bits per heavy atom. The van der Waals surface area contributed by atoms with E-state index < -0.39 is 0 Å².